The smallest absolute Gasteiger partial charge is 0.159 e. The second-order valence-corrected chi connectivity index (χ2v) is 14.6. The van der Waals surface area contributed by atoms with E-state index >= 15 is 0 Å². The summed E-state index contributed by atoms with van der Waals surface area (Å²) in [6.07, 6.45) is -0.337. The molecule has 0 fully saturated rings. The van der Waals surface area contributed by atoms with E-state index in [9.17, 15) is 0 Å². The van der Waals surface area contributed by atoms with E-state index in [-0.39, 0.29) is 6.17 Å². The lowest BCUT2D eigenvalue weighted by atomic mass is 10.00. The zero-order chi connectivity index (χ0) is 37.5. The average molecular weight is 733 g/mol. The fourth-order valence-corrected chi connectivity index (χ4v) is 8.57. The van der Waals surface area contributed by atoms with E-state index < -0.39 is 0 Å². The van der Waals surface area contributed by atoms with Crippen LogP contribution in [0.3, 0.4) is 0 Å². The van der Waals surface area contributed by atoms with Crippen LogP contribution in [0.2, 0.25) is 0 Å². The minimum Gasteiger partial charge on any atom is -0.456 e. The van der Waals surface area contributed by atoms with E-state index in [2.05, 4.69) is 155 Å². The van der Waals surface area contributed by atoms with Crippen LogP contribution in [0.5, 0.6) is 0 Å². The van der Waals surface area contributed by atoms with Gasteiger partial charge in [0.15, 0.2) is 5.84 Å². The fraction of sp³-hybridized carbons (Fsp3) is 0.0196. The minimum absolute atomic E-state index is 0.337. The number of aromatic nitrogens is 1. The van der Waals surface area contributed by atoms with Gasteiger partial charge < -0.3 is 18.7 Å². The van der Waals surface area contributed by atoms with Gasteiger partial charge in [0.05, 0.1) is 11.0 Å². The summed E-state index contributed by atoms with van der Waals surface area (Å²) in [5.74, 6) is 1.49. The van der Waals surface area contributed by atoms with Crippen molar-refractivity contribution in [1.29, 1.82) is 0 Å². The van der Waals surface area contributed by atoms with Gasteiger partial charge in [-0.2, -0.15) is 0 Å². The molecule has 6 heteroatoms. The SMILES string of the molecule is c1ccc(C2=NC(c3ccc4oc5c(-c6ccc7c(c6)oc6ccc(-n8c9ccccc9c9ccccc98)cc67)cccc5c4c3)NC(c3ccccc3)=N2)cc1. The predicted octanol–water partition coefficient (Wildman–Crippen LogP) is 12.7. The highest BCUT2D eigenvalue weighted by Gasteiger charge is 2.23. The Kier molecular flexibility index (Phi) is 6.89. The maximum absolute atomic E-state index is 6.65. The van der Waals surface area contributed by atoms with E-state index in [4.69, 9.17) is 18.8 Å². The largest absolute Gasteiger partial charge is 0.456 e. The standard InChI is InChI=1S/C51H32N4O2/c1-3-12-31(13-4-1)49-52-50(32-14-5-2-6-15-32)54-51(53-49)34-23-26-46-41(28-34)40-19-11-18-36(48(40)57-46)33-22-25-39-42-30-35(24-27-45(42)56-47(39)29-33)55-43-20-9-7-16-37(43)38-17-8-10-21-44(38)55/h1-30,51H,(H,52,53,54). The molecule has 8 aromatic carbocycles. The number of fused-ring (bicyclic) bond motifs is 9. The molecule has 1 aliphatic rings. The van der Waals surface area contributed by atoms with E-state index in [1.54, 1.807) is 0 Å². The number of nitrogens with zero attached hydrogens (tertiary/aromatic N) is 3. The molecule has 268 valence electrons. The number of nitrogens with one attached hydrogen (secondary N) is 1. The molecule has 4 heterocycles. The van der Waals surface area contributed by atoms with Gasteiger partial charge in [-0.1, -0.05) is 127 Å². The molecule has 0 saturated carbocycles. The summed E-state index contributed by atoms with van der Waals surface area (Å²) < 4.78 is 15.5. The molecule has 0 aliphatic carbocycles. The first-order valence-corrected chi connectivity index (χ1v) is 19.2. The molecular weight excluding hydrogens is 701 g/mol. The average Bonchev–Trinajstić information content (AvgIpc) is 3.95. The second-order valence-electron chi connectivity index (χ2n) is 14.6. The Labute approximate surface area is 326 Å². The first-order chi connectivity index (χ1) is 28.2. The lowest BCUT2D eigenvalue weighted by molar-refractivity contribution is 0.664. The number of furan rings is 2. The van der Waals surface area contributed by atoms with Gasteiger partial charge in [-0.15, -0.1) is 0 Å². The molecule has 12 rings (SSSR count). The molecule has 1 unspecified atom stereocenters. The van der Waals surface area contributed by atoms with Gasteiger partial charge in [-0.05, 0) is 65.7 Å². The molecule has 1 aliphatic heterocycles. The third-order valence-corrected chi connectivity index (χ3v) is 11.3. The lowest BCUT2D eigenvalue weighted by Crippen LogP contribution is -2.33. The van der Waals surface area contributed by atoms with Crippen molar-refractivity contribution in [3.8, 4) is 16.8 Å². The van der Waals surface area contributed by atoms with Gasteiger partial charge in [0.25, 0.3) is 0 Å². The Morgan fingerprint density at radius 2 is 1.12 bits per heavy atom. The van der Waals surface area contributed by atoms with Crippen molar-refractivity contribution in [3.05, 3.63) is 199 Å². The normalized spacial score (nSPS) is 14.5. The Morgan fingerprint density at radius 3 is 1.91 bits per heavy atom. The highest BCUT2D eigenvalue weighted by Crippen LogP contribution is 2.40. The Bertz CT molecular complexity index is 3390. The predicted molar refractivity (Wildman–Crippen MR) is 233 cm³/mol. The highest BCUT2D eigenvalue weighted by atomic mass is 16.3. The zero-order valence-electron chi connectivity index (χ0n) is 30.6. The van der Waals surface area contributed by atoms with Gasteiger partial charge in [-0.25, -0.2) is 9.98 Å². The van der Waals surface area contributed by atoms with Crippen LogP contribution in [0.15, 0.2) is 201 Å². The fourth-order valence-electron chi connectivity index (χ4n) is 8.57. The van der Waals surface area contributed by atoms with Crippen molar-refractivity contribution in [2.24, 2.45) is 9.98 Å². The molecule has 3 aromatic heterocycles. The van der Waals surface area contributed by atoms with Crippen molar-refractivity contribution in [2.45, 2.75) is 6.17 Å². The van der Waals surface area contributed by atoms with Gasteiger partial charge in [-0.3, -0.25) is 0 Å². The Morgan fingerprint density at radius 1 is 0.456 bits per heavy atom. The van der Waals surface area contributed by atoms with Crippen molar-refractivity contribution in [3.63, 3.8) is 0 Å². The maximum atomic E-state index is 6.65. The van der Waals surface area contributed by atoms with Gasteiger partial charge in [0.2, 0.25) is 0 Å². The van der Waals surface area contributed by atoms with Crippen molar-refractivity contribution < 1.29 is 8.83 Å². The summed E-state index contributed by atoms with van der Waals surface area (Å²) in [4.78, 5) is 10.1. The van der Waals surface area contributed by atoms with Crippen LogP contribution in [0.4, 0.5) is 0 Å². The summed E-state index contributed by atoms with van der Waals surface area (Å²) in [6, 6.07) is 63.2. The molecule has 0 saturated heterocycles. The monoisotopic (exact) mass is 732 g/mol. The molecular formula is C51H32N4O2. The number of amidine groups is 2. The summed E-state index contributed by atoms with van der Waals surface area (Å²) >= 11 is 0. The number of rotatable bonds is 5. The first kappa shape index (κ1) is 31.6. The summed E-state index contributed by atoms with van der Waals surface area (Å²) in [5, 5.41) is 10.3. The third kappa shape index (κ3) is 5.04. The number of hydrogen-bond donors (Lipinski definition) is 1. The van der Waals surface area contributed by atoms with Gasteiger partial charge >= 0.3 is 0 Å². The van der Waals surface area contributed by atoms with Gasteiger partial charge in [0.1, 0.15) is 34.3 Å². The molecule has 57 heavy (non-hydrogen) atoms. The number of para-hydroxylation sites is 3. The van der Waals surface area contributed by atoms with E-state index in [0.717, 1.165) is 83.2 Å². The van der Waals surface area contributed by atoms with Crippen LogP contribution in [0.1, 0.15) is 22.9 Å². The lowest BCUT2D eigenvalue weighted by Gasteiger charge is -2.23. The number of aliphatic imine (C=N–C) groups is 2. The Hall–Kier alpha value is -7.70. The van der Waals surface area contributed by atoms with Gasteiger partial charge in [0, 0.05) is 54.7 Å². The first-order valence-electron chi connectivity index (χ1n) is 19.2. The molecule has 0 amide bonds. The minimum atomic E-state index is -0.337. The quantitative estimate of drug-likeness (QED) is 0.192. The van der Waals surface area contributed by atoms with Crippen LogP contribution in [-0.4, -0.2) is 16.2 Å². The zero-order valence-corrected chi connectivity index (χ0v) is 30.6. The van der Waals surface area contributed by atoms with E-state index in [1.165, 1.54) is 21.8 Å². The number of hydrogen-bond acceptors (Lipinski definition) is 5. The third-order valence-electron chi connectivity index (χ3n) is 11.3. The van der Waals surface area contributed by atoms with Crippen LogP contribution < -0.4 is 5.32 Å². The molecule has 6 nitrogen and oxygen atoms in total. The summed E-state index contributed by atoms with van der Waals surface area (Å²) in [7, 11) is 0. The van der Waals surface area contributed by atoms with Crippen LogP contribution in [-0.2, 0) is 0 Å². The molecule has 1 atom stereocenters. The Balaban J connectivity index is 0.936. The highest BCUT2D eigenvalue weighted by molar-refractivity contribution is 6.14. The van der Waals surface area contributed by atoms with Crippen LogP contribution >= 0.6 is 0 Å². The van der Waals surface area contributed by atoms with E-state index in [1.807, 2.05) is 36.4 Å². The molecule has 11 aromatic rings. The molecule has 1 N–H and O–H groups in total. The summed E-state index contributed by atoms with van der Waals surface area (Å²) in [6.45, 7) is 0. The molecule has 0 bridgehead atoms. The van der Waals surface area contributed by atoms with Crippen molar-refractivity contribution in [2.75, 3.05) is 0 Å². The van der Waals surface area contributed by atoms with Crippen LogP contribution in [0, 0.1) is 0 Å². The molecule has 0 spiro atoms. The topological polar surface area (TPSA) is 68.0 Å². The van der Waals surface area contributed by atoms with Crippen molar-refractivity contribution >= 4 is 77.4 Å². The second kappa shape index (κ2) is 12.4. The maximum Gasteiger partial charge on any atom is 0.159 e. The van der Waals surface area contributed by atoms with E-state index in [0.29, 0.717) is 5.84 Å². The number of benzene rings is 8. The molecule has 0 radical (unpaired) electrons. The van der Waals surface area contributed by atoms with Crippen LogP contribution in [0.25, 0.3) is 82.5 Å². The van der Waals surface area contributed by atoms with Crippen molar-refractivity contribution in [1.82, 2.24) is 9.88 Å². The summed E-state index contributed by atoms with van der Waals surface area (Å²) in [5.41, 5.74) is 11.9.